The molecule has 0 spiro atoms. The van der Waals surface area contributed by atoms with Crippen LogP contribution in [0.5, 0.6) is 0 Å². The highest BCUT2D eigenvalue weighted by atomic mass is 35.5. The van der Waals surface area contributed by atoms with Crippen LogP contribution in [-0.4, -0.2) is 17.9 Å². The molecule has 0 aliphatic rings. The first-order chi connectivity index (χ1) is 9.28. The quantitative estimate of drug-likeness (QED) is 0.783. The van der Waals surface area contributed by atoms with E-state index in [1.54, 1.807) is 26.0 Å². The van der Waals surface area contributed by atoms with Gasteiger partial charge in [-0.25, -0.2) is 0 Å². The van der Waals surface area contributed by atoms with Crippen molar-refractivity contribution in [3.05, 3.63) is 35.7 Å². The molecule has 0 saturated heterocycles. The van der Waals surface area contributed by atoms with E-state index in [0.29, 0.717) is 10.2 Å². The fourth-order valence-corrected chi connectivity index (χ4v) is 2.18. The van der Waals surface area contributed by atoms with Crippen LogP contribution in [0.15, 0.2) is 28.8 Å². The van der Waals surface area contributed by atoms with Crippen molar-refractivity contribution in [1.29, 1.82) is 0 Å². The van der Waals surface area contributed by atoms with Crippen molar-refractivity contribution in [1.82, 2.24) is 5.16 Å². The largest absolute Gasteiger partial charge is 0.407 e. The Kier molecular flexibility index (Phi) is 3.94. The molecule has 0 saturated carbocycles. The van der Waals surface area contributed by atoms with Crippen molar-refractivity contribution >= 4 is 17.5 Å². The first kappa shape index (κ1) is 14.7. The normalized spacial score (nSPS) is 11.7. The Morgan fingerprint density at radius 2 is 1.80 bits per heavy atom. The van der Waals surface area contributed by atoms with Gasteiger partial charge < -0.3 is 4.52 Å². The fraction of sp³-hybridized carbons (Fsp3) is 0.308. The number of aryl methyl sites for hydroxylation is 2. The molecule has 0 bridgehead atoms. The van der Waals surface area contributed by atoms with Crippen LogP contribution in [0.2, 0.25) is 0 Å². The molecule has 0 N–H and O–H groups in total. The van der Waals surface area contributed by atoms with E-state index in [-0.39, 0.29) is 5.69 Å². The van der Waals surface area contributed by atoms with Gasteiger partial charge in [0.25, 0.3) is 0 Å². The molecule has 0 radical (unpaired) electrons. The minimum atomic E-state index is -4.35. The Bertz CT molecular complexity index is 573. The van der Waals surface area contributed by atoms with E-state index in [1.165, 1.54) is 12.1 Å². The van der Waals surface area contributed by atoms with Crippen molar-refractivity contribution < 1.29 is 17.7 Å². The number of benzene rings is 1. The van der Waals surface area contributed by atoms with Crippen molar-refractivity contribution in [2.45, 2.75) is 20.0 Å². The second-order valence-corrected chi connectivity index (χ2v) is 4.79. The fourth-order valence-electron chi connectivity index (χ4n) is 1.93. The highest BCUT2D eigenvalue weighted by Gasteiger charge is 2.30. The van der Waals surface area contributed by atoms with E-state index in [4.69, 9.17) is 16.3 Å². The van der Waals surface area contributed by atoms with Gasteiger partial charge in [-0.2, -0.15) is 13.2 Å². The number of hydrogen-bond acceptors (Lipinski definition) is 3. The van der Waals surface area contributed by atoms with Gasteiger partial charge in [0.15, 0.2) is 0 Å². The molecule has 20 heavy (non-hydrogen) atoms. The summed E-state index contributed by atoms with van der Waals surface area (Å²) in [5.74, 6) is 0.660. The molecule has 0 unspecified atom stereocenters. The molecule has 0 fully saturated rings. The molecular formula is C13H12ClF3N2O. The lowest BCUT2D eigenvalue weighted by Gasteiger charge is -2.17. The highest BCUT2D eigenvalue weighted by molar-refractivity contribution is 6.25. The zero-order valence-electron chi connectivity index (χ0n) is 10.8. The van der Waals surface area contributed by atoms with Gasteiger partial charge in [0.2, 0.25) is 0 Å². The van der Waals surface area contributed by atoms with Crippen molar-refractivity contribution in [3.63, 3.8) is 0 Å². The molecule has 0 atom stereocenters. The summed E-state index contributed by atoms with van der Waals surface area (Å²) in [6.07, 6.45) is -4.35. The number of alkyl halides is 3. The number of hydrogen-bond donors (Lipinski definition) is 0. The summed E-state index contributed by atoms with van der Waals surface area (Å²) in [6.45, 7) is 2.37. The highest BCUT2D eigenvalue weighted by Crippen LogP contribution is 2.30. The van der Waals surface area contributed by atoms with Crippen LogP contribution in [0.25, 0.3) is 11.1 Å². The summed E-state index contributed by atoms with van der Waals surface area (Å²) < 4.78 is 42.5. The predicted molar refractivity (Wildman–Crippen MR) is 70.7 cm³/mol. The summed E-state index contributed by atoms with van der Waals surface area (Å²) in [6, 6.07) is 6.43. The van der Waals surface area contributed by atoms with Gasteiger partial charge in [0.05, 0.1) is 11.4 Å². The van der Waals surface area contributed by atoms with E-state index in [1.807, 2.05) is 0 Å². The number of halogens is 4. The number of nitrogens with zero attached hydrogens (tertiary/aromatic N) is 2. The summed E-state index contributed by atoms with van der Waals surface area (Å²) in [4.78, 5) is 0. The van der Waals surface area contributed by atoms with Crippen LogP contribution in [0.1, 0.15) is 11.5 Å². The topological polar surface area (TPSA) is 29.3 Å². The van der Waals surface area contributed by atoms with Crippen LogP contribution in [0, 0.1) is 13.8 Å². The second-order valence-electron chi connectivity index (χ2n) is 4.38. The molecule has 1 heterocycles. The molecule has 0 amide bonds. The molecule has 0 aliphatic heterocycles. The van der Waals surface area contributed by atoms with Crippen LogP contribution >= 0.6 is 11.8 Å². The third kappa shape index (κ3) is 3.25. The van der Waals surface area contributed by atoms with Gasteiger partial charge in [-0.05, 0) is 31.5 Å². The number of rotatable bonds is 3. The SMILES string of the molecule is Cc1noc(C)c1-c1ccc(N(Cl)CC(F)(F)F)cc1. The Balaban J connectivity index is 2.23. The molecule has 2 rings (SSSR count). The van der Waals surface area contributed by atoms with Crippen molar-refractivity contribution in [2.75, 3.05) is 11.0 Å². The van der Waals surface area contributed by atoms with Gasteiger partial charge in [0, 0.05) is 17.3 Å². The predicted octanol–water partition coefficient (Wildman–Crippen LogP) is 4.48. The summed E-state index contributed by atoms with van der Waals surface area (Å²) >= 11 is 5.61. The molecule has 1 aromatic carbocycles. The van der Waals surface area contributed by atoms with E-state index < -0.39 is 12.7 Å². The van der Waals surface area contributed by atoms with Crippen molar-refractivity contribution in [3.8, 4) is 11.1 Å². The zero-order valence-corrected chi connectivity index (χ0v) is 11.6. The average Bonchev–Trinajstić information content (AvgIpc) is 2.67. The lowest BCUT2D eigenvalue weighted by atomic mass is 10.0. The van der Waals surface area contributed by atoms with Crippen LogP contribution in [-0.2, 0) is 0 Å². The van der Waals surface area contributed by atoms with Gasteiger partial charge in [0.1, 0.15) is 12.3 Å². The van der Waals surface area contributed by atoms with E-state index in [0.717, 1.165) is 16.8 Å². The first-order valence-electron chi connectivity index (χ1n) is 5.81. The lowest BCUT2D eigenvalue weighted by molar-refractivity contribution is -0.117. The summed E-state index contributed by atoms with van der Waals surface area (Å²) in [5, 5.41) is 3.84. The van der Waals surface area contributed by atoms with Crippen LogP contribution in [0.4, 0.5) is 18.9 Å². The minimum absolute atomic E-state index is 0.277. The molecule has 0 aliphatic carbocycles. The second kappa shape index (κ2) is 5.36. The maximum atomic E-state index is 12.3. The Hall–Kier alpha value is -1.69. The third-order valence-electron chi connectivity index (χ3n) is 2.79. The molecule has 1 aromatic heterocycles. The summed E-state index contributed by atoms with van der Waals surface area (Å²) in [7, 11) is 0. The maximum absolute atomic E-state index is 12.3. The first-order valence-corrected chi connectivity index (χ1v) is 6.15. The molecule has 7 heteroatoms. The molecule has 3 nitrogen and oxygen atoms in total. The molecule has 2 aromatic rings. The monoisotopic (exact) mass is 304 g/mol. The van der Waals surface area contributed by atoms with Gasteiger partial charge in [-0.15, -0.1) is 0 Å². The van der Waals surface area contributed by atoms with E-state index >= 15 is 0 Å². The average molecular weight is 305 g/mol. The van der Waals surface area contributed by atoms with E-state index in [2.05, 4.69) is 5.16 Å². The zero-order chi connectivity index (χ0) is 14.9. The van der Waals surface area contributed by atoms with Crippen LogP contribution in [0.3, 0.4) is 0 Å². The Morgan fingerprint density at radius 3 is 2.25 bits per heavy atom. The van der Waals surface area contributed by atoms with Crippen molar-refractivity contribution in [2.24, 2.45) is 0 Å². The summed E-state index contributed by atoms with van der Waals surface area (Å²) in [5.41, 5.74) is 2.67. The molecule has 108 valence electrons. The third-order valence-corrected chi connectivity index (χ3v) is 3.10. The maximum Gasteiger partial charge on any atom is 0.407 e. The van der Waals surface area contributed by atoms with Gasteiger partial charge >= 0.3 is 6.18 Å². The standard InChI is InChI=1S/C13H12ClF3N2O/c1-8-12(9(2)20-18-8)10-3-5-11(6-4-10)19(14)7-13(15,16)17/h3-6H,7H2,1-2H3. The Morgan fingerprint density at radius 1 is 1.20 bits per heavy atom. The Labute approximate surface area is 119 Å². The van der Waals surface area contributed by atoms with Gasteiger partial charge in [-0.1, -0.05) is 17.3 Å². The number of aromatic nitrogens is 1. The van der Waals surface area contributed by atoms with E-state index in [9.17, 15) is 13.2 Å². The smallest absolute Gasteiger partial charge is 0.361 e. The molecular weight excluding hydrogens is 293 g/mol. The minimum Gasteiger partial charge on any atom is -0.361 e. The van der Waals surface area contributed by atoms with Crippen LogP contribution < -0.4 is 4.42 Å². The van der Waals surface area contributed by atoms with Gasteiger partial charge in [-0.3, -0.25) is 4.42 Å². The lowest BCUT2D eigenvalue weighted by Crippen LogP contribution is -2.26. The number of anilines is 1.